The summed E-state index contributed by atoms with van der Waals surface area (Å²) in [7, 11) is 0. The van der Waals surface area contributed by atoms with Gasteiger partial charge in [-0.1, -0.05) is 0 Å². The van der Waals surface area contributed by atoms with Crippen LogP contribution in [-0.2, 0) is 0 Å². The molecule has 5 nitrogen and oxygen atoms in total. The lowest BCUT2D eigenvalue weighted by atomic mass is 10.1. The first-order valence-electron chi connectivity index (χ1n) is 5.28. The van der Waals surface area contributed by atoms with Crippen LogP contribution in [0.3, 0.4) is 0 Å². The molecule has 17 heavy (non-hydrogen) atoms. The lowest BCUT2D eigenvalue weighted by molar-refractivity contribution is 0.102. The van der Waals surface area contributed by atoms with E-state index in [0.29, 0.717) is 36.1 Å². The van der Waals surface area contributed by atoms with E-state index < -0.39 is 0 Å². The third-order valence-corrected chi connectivity index (χ3v) is 2.52. The van der Waals surface area contributed by atoms with Gasteiger partial charge in [0.15, 0.2) is 17.3 Å². The van der Waals surface area contributed by atoms with Crippen molar-refractivity contribution in [2.24, 2.45) is 0 Å². The van der Waals surface area contributed by atoms with Crippen molar-refractivity contribution < 1.29 is 14.3 Å². The van der Waals surface area contributed by atoms with E-state index in [0.717, 1.165) is 0 Å². The Balaban J connectivity index is 1.96. The summed E-state index contributed by atoms with van der Waals surface area (Å²) in [6.07, 6.45) is 3.16. The van der Waals surface area contributed by atoms with Gasteiger partial charge in [0.05, 0.1) is 0 Å². The predicted octanol–water partition coefficient (Wildman–Crippen LogP) is 1.41. The highest BCUT2D eigenvalue weighted by Gasteiger charge is 2.16. The zero-order valence-electron chi connectivity index (χ0n) is 8.97. The van der Waals surface area contributed by atoms with E-state index in [1.807, 2.05) is 0 Å². The Kier molecular flexibility index (Phi) is 2.29. The number of aromatic nitrogens is 2. The van der Waals surface area contributed by atoms with Gasteiger partial charge in [-0.05, 0) is 18.2 Å². The zero-order valence-corrected chi connectivity index (χ0v) is 8.97. The molecule has 2 aromatic rings. The molecule has 0 amide bonds. The number of H-pyrrole nitrogens is 1. The number of carbonyl (C=O) groups is 1. The van der Waals surface area contributed by atoms with Crippen molar-refractivity contribution in [2.75, 3.05) is 13.2 Å². The molecule has 86 valence electrons. The van der Waals surface area contributed by atoms with Crippen molar-refractivity contribution in [3.8, 4) is 11.5 Å². The molecular weight excluding hydrogens is 220 g/mol. The molecule has 0 atom stereocenters. The molecule has 0 spiro atoms. The minimum atomic E-state index is -0.160. The van der Waals surface area contributed by atoms with Crippen molar-refractivity contribution >= 4 is 5.78 Å². The Hall–Kier alpha value is -2.30. The van der Waals surface area contributed by atoms with Crippen LogP contribution in [0.25, 0.3) is 0 Å². The van der Waals surface area contributed by atoms with Gasteiger partial charge in [-0.3, -0.25) is 4.79 Å². The molecule has 3 rings (SSSR count). The van der Waals surface area contributed by atoms with Gasteiger partial charge in [0, 0.05) is 18.0 Å². The van der Waals surface area contributed by atoms with Crippen molar-refractivity contribution in [1.82, 2.24) is 9.97 Å². The summed E-state index contributed by atoms with van der Waals surface area (Å²) in [5, 5.41) is 0. The van der Waals surface area contributed by atoms with Gasteiger partial charge in [0.1, 0.15) is 13.2 Å². The van der Waals surface area contributed by atoms with E-state index in [2.05, 4.69) is 9.97 Å². The molecule has 5 heteroatoms. The van der Waals surface area contributed by atoms with Crippen LogP contribution >= 0.6 is 0 Å². The summed E-state index contributed by atoms with van der Waals surface area (Å²) in [4.78, 5) is 18.7. The molecule has 0 saturated carbocycles. The van der Waals surface area contributed by atoms with E-state index in [1.165, 1.54) is 0 Å². The van der Waals surface area contributed by atoms with Gasteiger partial charge in [0.25, 0.3) is 0 Å². The second-order valence-electron chi connectivity index (χ2n) is 3.63. The van der Waals surface area contributed by atoms with Crippen molar-refractivity contribution in [2.45, 2.75) is 0 Å². The summed E-state index contributed by atoms with van der Waals surface area (Å²) in [6, 6.07) is 5.13. The van der Waals surface area contributed by atoms with Crippen LogP contribution in [0.2, 0.25) is 0 Å². The summed E-state index contributed by atoms with van der Waals surface area (Å²) in [5.74, 6) is 1.44. The monoisotopic (exact) mass is 230 g/mol. The number of ketones is 1. The molecule has 2 heterocycles. The van der Waals surface area contributed by atoms with Crippen LogP contribution in [0.5, 0.6) is 11.5 Å². The van der Waals surface area contributed by atoms with Gasteiger partial charge in [-0.2, -0.15) is 0 Å². The molecule has 0 bridgehead atoms. The first-order chi connectivity index (χ1) is 8.34. The number of rotatable bonds is 2. The van der Waals surface area contributed by atoms with Gasteiger partial charge < -0.3 is 14.5 Å². The summed E-state index contributed by atoms with van der Waals surface area (Å²) in [5.41, 5.74) is 0.532. The molecule has 0 fully saturated rings. The number of nitrogens with one attached hydrogen (secondary N) is 1. The number of nitrogens with zero attached hydrogens (tertiary/aromatic N) is 1. The highest BCUT2D eigenvalue weighted by Crippen LogP contribution is 2.31. The number of imidazole rings is 1. The zero-order chi connectivity index (χ0) is 11.7. The molecule has 0 aliphatic carbocycles. The molecule has 1 aromatic heterocycles. The van der Waals surface area contributed by atoms with Gasteiger partial charge in [0.2, 0.25) is 5.78 Å². The van der Waals surface area contributed by atoms with Crippen LogP contribution in [-0.4, -0.2) is 29.0 Å². The van der Waals surface area contributed by atoms with E-state index in [9.17, 15) is 4.79 Å². The fraction of sp³-hybridized carbons (Fsp3) is 0.167. The van der Waals surface area contributed by atoms with E-state index in [1.54, 1.807) is 30.6 Å². The van der Waals surface area contributed by atoms with E-state index >= 15 is 0 Å². The van der Waals surface area contributed by atoms with E-state index in [4.69, 9.17) is 9.47 Å². The first kappa shape index (κ1) is 9.89. The Morgan fingerprint density at radius 1 is 1.24 bits per heavy atom. The van der Waals surface area contributed by atoms with Gasteiger partial charge in [-0.15, -0.1) is 0 Å². The highest BCUT2D eigenvalue weighted by molar-refractivity contribution is 6.06. The Bertz CT molecular complexity index is 549. The molecule has 1 N–H and O–H groups in total. The Labute approximate surface area is 97.4 Å². The number of fused-ring (bicyclic) bond motifs is 1. The predicted molar refractivity (Wildman–Crippen MR) is 59.5 cm³/mol. The Morgan fingerprint density at radius 3 is 2.82 bits per heavy atom. The molecule has 1 aliphatic heterocycles. The number of hydrogen-bond donors (Lipinski definition) is 1. The summed E-state index contributed by atoms with van der Waals surface area (Å²) >= 11 is 0. The minimum Gasteiger partial charge on any atom is -0.486 e. The summed E-state index contributed by atoms with van der Waals surface area (Å²) in [6.45, 7) is 1.05. The molecule has 1 aromatic carbocycles. The number of carbonyl (C=O) groups excluding carboxylic acids is 1. The standard InChI is InChI=1S/C12H10N2O3/c15-11(12-13-3-4-14-12)8-1-2-9-10(7-8)17-6-5-16-9/h1-4,7H,5-6H2,(H,13,14). The topological polar surface area (TPSA) is 64.2 Å². The molecule has 1 aliphatic rings. The molecule has 0 unspecified atom stereocenters. The normalized spacial score (nSPS) is 13.4. The van der Waals surface area contributed by atoms with Crippen molar-refractivity contribution in [1.29, 1.82) is 0 Å². The van der Waals surface area contributed by atoms with E-state index in [-0.39, 0.29) is 5.78 Å². The third kappa shape index (κ3) is 1.75. The fourth-order valence-electron chi connectivity index (χ4n) is 1.71. The molecular formula is C12H10N2O3. The lowest BCUT2D eigenvalue weighted by Gasteiger charge is -2.18. The number of aromatic amines is 1. The van der Waals surface area contributed by atoms with Gasteiger partial charge >= 0.3 is 0 Å². The quantitative estimate of drug-likeness (QED) is 0.792. The number of benzene rings is 1. The van der Waals surface area contributed by atoms with Crippen LogP contribution in [0, 0.1) is 0 Å². The second-order valence-corrected chi connectivity index (χ2v) is 3.63. The second kappa shape index (κ2) is 3.93. The largest absolute Gasteiger partial charge is 0.486 e. The first-order valence-corrected chi connectivity index (χ1v) is 5.28. The van der Waals surface area contributed by atoms with Crippen LogP contribution < -0.4 is 9.47 Å². The average molecular weight is 230 g/mol. The van der Waals surface area contributed by atoms with Gasteiger partial charge in [-0.25, -0.2) is 4.98 Å². The van der Waals surface area contributed by atoms with Crippen LogP contribution in [0.4, 0.5) is 0 Å². The highest BCUT2D eigenvalue weighted by atomic mass is 16.6. The minimum absolute atomic E-state index is 0.160. The molecule has 0 radical (unpaired) electrons. The number of ether oxygens (including phenoxy) is 2. The van der Waals surface area contributed by atoms with Crippen molar-refractivity contribution in [3.63, 3.8) is 0 Å². The number of hydrogen-bond acceptors (Lipinski definition) is 4. The smallest absolute Gasteiger partial charge is 0.228 e. The lowest BCUT2D eigenvalue weighted by Crippen LogP contribution is -2.16. The van der Waals surface area contributed by atoms with Crippen LogP contribution in [0.15, 0.2) is 30.6 Å². The fourth-order valence-corrected chi connectivity index (χ4v) is 1.71. The van der Waals surface area contributed by atoms with Crippen LogP contribution in [0.1, 0.15) is 16.2 Å². The maximum absolute atomic E-state index is 12.0. The molecule has 0 saturated heterocycles. The average Bonchev–Trinajstić information content (AvgIpc) is 2.91. The summed E-state index contributed by atoms with van der Waals surface area (Å²) < 4.78 is 10.8. The maximum Gasteiger partial charge on any atom is 0.228 e. The maximum atomic E-state index is 12.0. The SMILES string of the molecule is O=C(c1ccc2c(c1)OCCO2)c1ncc[nH]1. The Morgan fingerprint density at radius 2 is 2.06 bits per heavy atom. The van der Waals surface area contributed by atoms with Crippen molar-refractivity contribution in [3.05, 3.63) is 42.0 Å². The third-order valence-electron chi connectivity index (χ3n) is 2.52.